The van der Waals surface area contributed by atoms with Crippen molar-refractivity contribution in [2.45, 2.75) is 33.1 Å². The number of imidazole rings is 1. The number of aryl methyl sites for hydroxylation is 1. The molecular formula is C14H16F2N2S. The van der Waals surface area contributed by atoms with E-state index in [9.17, 15) is 8.78 Å². The van der Waals surface area contributed by atoms with Gasteiger partial charge in [-0.15, -0.1) is 0 Å². The number of rotatable bonds is 1. The summed E-state index contributed by atoms with van der Waals surface area (Å²) in [4.78, 5) is 2.89. The van der Waals surface area contributed by atoms with E-state index in [1.165, 1.54) is 19.1 Å². The third-order valence-corrected chi connectivity index (χ3v) is 3.31. The van der Waals surface area contributed by atoms with Crippen LogP contribution in [0.5, 0.6) is 0 Å². The van der Waals surface area contributed by atoms with E-state index >= 15 is 0 Å². The molecule has 0 fully saturated rings. The largest absolute Gasteiger partial charge is 0.337 e. The van der Waals surface area contributed by atoms with E-state index in [1.54, 1.807) is 10.8 Å². The molecule has 102 valence electrons. The first kappa shape index (κ1) is 13.9. The first-order chi connectivity index (χ1) is 8.71. The molecule has 0 aliphatic rings. The van der Waals surface area contributed by atoms with E-state index in [2.05, 4.69) is 4.98 Å². The highest BCUT2D eigenvalue weighted by atomic mass is 32.1. The van der Waals surface area contributed by atoms with E-state index < -0.39 is 11.6 Å². The van der Waals surface area contributed by atoms with Crippen LogP contribution in [0.2, 0.25) is 0 Å². The Morgan fingerprint density at radius 3 is 2.37 bits per heavy atom. The highest BCUT2D eigenvalue weighted by molar-refractivity contribution is 7.71. The Labute approximate surface area is 116 Å². The molecule has 2 aromatic rings. The third kappa shape index (κ3) is 2.47. The Morgan fingerprint density at radius 2 is 1.79 bits per heavy atom. The summed E-state index contributed by atoms with van der Waals surface area (Å²) in [5.41, 5.74) is 0.987. The van der Waals surface area contributed by atoms with Gasteiger partial charge in [0.2, 0.25) is 0 Å². The molecule has 0 atom stereocenters. The molecule has 0 aliphatic heterocycles. The fourth-order valence-electron chi connectivity index (χ4n) is 1.97. The van der Waals surface area contributed by atoms with Crippen LogP contribution in [0.15, 0.2) is 18.3 Å². The van der Waals surface area contributed by atoms with Gasteiger partial charge in [0, 0.05) is 23.4 Å². The molecule has 1 heterocycles. The predicted molar refractivity (Wildman–Crippen MR) is 74.3 cm³/mol. The van der Waals surface area contributed by atoms with Crippen molar-refractivity contribution in [3.63, 3.8) is 0 Å². The Balaban J connectivity index is 2.76. The second-order valence-corrected chi connectivity index (χ2v) is 6.00. The first-order valence-electron chi connectivity index (χ1n) is 5.98. The van der Waals surface area contributed by atoms with Gasteiger partial charge in [-0.25, -0.2) is 8.78 Å². The van der Waals surface area contributed by atoms with E-state index in [4.69, 9.17) is 12.2 Å². The van der Waals surface area contributed by atoms with Crippen molar-refractivity contribution >= 4 is 12.2 Å². The van der Waals surface area contributed by atoms with Gasteiger partial charge in [0.25, 0.3) is 0 Å². The topological polar surface area (TPSA) is 20.7 Å². The SMILES string of the molecule is Cc1cc(F)c(-n2c(C(C)(C)C)c[nH]c2=S)cc1F. The summed E-state index contributed by atoms with van der Waals surface area (Å²) in [6.07, 6.45) is 1.74. The quantitative estimate of drug-likeness (QED) is 0.768. The summed E-state index contributed by atoms with van der Waals surface area (Å²) >= 11 is 5.18. The van der Waals surface area contributed by atoms with Crippen LogP contribution in [0.3, 0.4) is 0 Å². The van der Waals surface area contributed by atoms with Crippen molar-refractivity contribution in [2.24, 2.45) is 0 Å². The lowest BCUT2D eigenvalue weighted by atomic mass is 9.92. The van der Waals surface area contributed by atoms with Crippen molar-refractivity contribution in [1.29, 1.82) is 0 Å². The molecule has 0 bridgehead atoms. The standard InChI is InChI=1S/C14H16F2N2S/c1-8-5-10(16)11(6-9(8)15)18-12(14(2,3)4)7-17-13(18)19/h5-7H,1-4H3,(H,17,19). The number of H-pyrrole nitrogens is 1. The average molecular weight is 282 g/mol. The van der Waals surface area contributed by atoms with Crippen molar-refractivity contribution in [3.05, 3.63) is 46.0 Å². The second-order valence-electron chi connectivity index (χ2n) is 5.62. The van der Waals surface area contributed by atoms with Gasteiger partial charge in [-0.3, -0.25) is 4.57 Å². The number of hydrogen-bond donors (Lipinski definition) is 1. The Bertz CT molecular complexity index is 678. The maximum Gasteiger partial charge on any atom is 0.182 e. The summed E-state index contributed by atoms with van der Waals surface area (Å²) < 4.78 is 29.7. The van der Waals surface area contributed by atoms with Gasteiger partial charge in [-0.2, -0.15) is 0 Å². The van der Waals surface area contributed by atoms with Crippen LogP contribution in [0, 0.1) is 23.3 Å². The molecule has 0 saturated carbocycles. The zero-order valence-corrected chi connectivity index (χ0v) is 12.2. The van der Waals surface area contributed by atoms with Crippen LogP contribution in [0.1, 0.15) is 32.0 Å². The molecule has 0 amide bonds. The molecule has 5 heteroatoms. The fourth-order valence-corrected chi connectivity index (χ4v) is 2.22. The van der Waals surface area contributed by atoms with Crippen LogP contribution in [0.4, 0.5) is 8.78 Å². The molecule has 1 aromatic heterocycles. The Hall–Kier alpha value is -1.49. The highest BCUT2D eigenvalue weighted by Crippen LogP contribution is 2.27. The number of hydrogen-bond acceptors (Lipinski definition) is 1. The maximum atomic E-state index is 14.1. The monoisotopic (exact) mass is 282 g/mol. The number of benzene rings is 1. The number of halogens is 2. The normalized spacial score (nSPS) is 11.9. The molecule has 0 aliphatic carbocycles. The molecule has 0 radical (unpaired) electrons. The van der Waals surface area contributed by atoms with E-state index in [1.807, 2.05) is 20.8 Å². The minimum Gasteiger partial charge on any atom is -0.337 e. The molecule has 1 N–H and O–H groups in total. The highest BCUT2D eigenvalue weighted by Gasteiger charge is 2.22. The zero-order chi connectivity index (χ0) is 14.4. The fraction of sp³-hybridized carbons (Fsp3) is 0.357. The number of aromatic nitrogens is 2. The molecule has 0 saturated heterocycles. The van der Waals surface area contributed by atoms with E-state index in [0.717, 1.165) is 5.69 Å². The number of nitrogens with one attached hydrogen (secondary N) is 1. The summed E-state index contributed by atoms with van der Waals surface area (Å²) in [5, 5.41) is 0. The predicted octanol–water partition coefficient (Wildman–Crippen LogP) is 4.42. The van der Waals surface area contributed by atoms with Crippen LogP contribution < -0.4 is 0 Å². The zero-order valence-electron chi connectivity index (χ0n) is 11.3. The van der Waals surface area contributed by atoms with Crippen LogP contribution >= 0.6 is 12.2 Å². The van der Waals surface area contributed by atoms with Gasteiger partial charge in [0.05, 0.1) is 5.69 Å². The lowest BCUT2D eigenvalue weighted by Gasteiger charge is -2.21. The second kappa shape index (κ2) is 4.56. The minimum atomic E-state index is -0.486. The molecule has 19 heavy (non-hydrogen) atoms. The van der Waals surface area contributed by atoms with E-state index in [-0.39, 0.29) is 16.7 Å². The lowest BCUT2D eigenvalue weighted by molar-refractivity contribution is 0.541. The van der Waals surface area contributed by atoms with Crippen molar-refractivity contribution in [1.82, 2.24) is 9.55 Å². The van der Waals surface area contributed by atoms with Crippen LogP contribution in [-0.2, 0) is 5.41 Å². The molecule has 0 spiro atoms. The van der Waals surface area contributed by atoms with Gasteiger partial charge in [0.15, 0.2) is 4.77 Å². The Morgan fingerprint density at radius 1 is 1.16 bits per heavy atom. The smallest absolute Gasteiger partial charge is 0.182 e. The summed E-state index contributed by atoms with van der Waals surface area (Å²) in [5.74, 6) is -0.931. The van der Waals surface area contributed by atoms with Crippen molar-refractivity contribution in [2.75, 3.05) is 0 Å². The first-order valence-corrected chi connectivity index (χ1v) is 6.39. The molecule has 2 nitrogen and oxygen atoms in total. The minimum absolute atomic E-state index is 0.138. The number of nitrogens with zero attached hydrogens (tertiary/aromatic N) is 1. The van der Waals surface area contributed by atoms with Crippen molar-refractivity contribution in [3.8, 4) is 5.69 Å². The van der Waals surface area contributed by atoms with Gasteiger partial charge in [0.1, 0.15) is 11.6 Å². The number of aromatic amines is 1. The third-order valence-electron chi connectivity index (χ3n) is 3.01. The van der Waals surface area contributed by atoms with Gasteiger partial charge < -0.3 is 4.98 Å². The molecular weight excluding hydrogens is 266 g/mol. The van der Waals surface area contributed by atoms with Gasteiger partial charge >= 0.3 is 0 Å². The molecule has 2 rings (SSSR count). The Kier molecular flexibility index (Phi) is 3.34. The van der Waals surface area contributed by atoms with Gasteiger partial charge in [-0.05, 0) is 30.8 Å². The van der Waals surface area contributed by atoms with E-state index in [0.29, 0.717) is 4.77 Å². The summed E-state index contributed by atoms with van der Waals surface area (Å²) in [6.45, 7) is 7.50. The average Bonchev–Trinajstić information content (AvgIpc) is 2.65. The van der Waals surface area contributed by atoms with Gasteiger partial charge in [-0.1, -0.05) is 20.8 Å². The van der Waals surface area contributed by atoms with Crippen molar-refractivity contribution < 1.29 is 8.78 Å². The van der Waals surface area contributed by atoms with Crippen LogP contribution in [0.25, 0.3) is 5.69 Å². The lowest BCUT2D eigenvalue weighted by Crippen LogP contribution is -2.17. The summed E-state index contributed by atoms with van der Waals surface area (Å²) in [6, 6.07) is 2.37. The molecule has 1 aromatic carbocycles. The summed E-state index contributed by atoms with van der Waals surface area (Å²) in [7, 11) is 0. The van der Waals surface area contributed by atoms with Crippen LogP contribution in [-0.4, -0.2) is 9.55 Å². The molecule has 0 unspecified atom stereocenters. The maximum absolute atomic E-state index is 14.1.